The molecular formula is C11H16BrNO. The number of rotatable bonds is 4. The Bertz CT molecular complexity index is 301. The quantitative estimate of drug-likeness (QED) is 0.895. The maximum Gasteiger partial charge on any atom is 0.0661 e. The van der Waals surface area contributed by atoms with Crippen LogP contribution in [0.25, 0.3) is 0 Å². The molecule has 14 heavy (non-hydrogen) atoms. The standard InChI is InChI=1S/C11H16BrNO/c1-8-4-5-10(12)11(6-8)13-9(2)7-14-3/h4-6,9,13H,7H2,1-3H3/t9-/m0/s1. The molecule has 1 atom stereocenters. The molecule has 0 spiro atoms. The van der Waals surface area contributed by atoms with E-state index < -0.39 is 0 Å². The van der Waals surface area contributed by atoms with Crippen molar-refractivity contribution in [1.82, 2.24) is 0 Å². The number of ether oxygens (including phenoxy) is 1. The number of hydrogen-bond donors (Lipinski definition) is 1. The van der Waals surface area contributed by atoms with Crippen molar-refractivity contribution < 1.29 is 4.74 Å². The second kappa shape index (κ2) is 5.37. The molecule has 0 saturated carbocycles. The molecule has 0 aliphatic heterocycles. The van der Waals surface area contributed by atoms with Crippen LogP contribution in [0.1, 0.15) is 12.5 Å². The number of halogens is 1. The Morgan fingerprint density at radius 3 is 2.86 bits per heavy atom. The molecule has 0 fully saturated rings. The van der Waals surface area contributed by atoms with Crippen molar-refractivity contribution in [2.45, 2.75) is 19.9 Å². The van der Waals surface area contributed by atoms with E-state index in [9.17, 15) is 0 Å². The van der Waals surface area contributed by atoms with E-state index in [1.165, 1.54) is 5.56 Å². The van der Waals surface area contributed by atoms with Crippen LogP contribution in [-0.4, -0.2) is 19.8 Å². The second-order valence-electron chi connectivity index (χ2n) is 3.48. The van der Waals surface area contributed by atoms with E-state index in [4.69, 9.17) is 4.74 Å². The number of hydrogen-bond acceptors (Lipinski definition) is 2. The van der Waals surface area contributed by atoms with Crippen LogP contribution in [0.4, 0.5) is 5.69 Å². The van der Waals surface area contributed by atoms with Gasteiger partial charge in [-0.1, -0.05) is 6.07 Å². The summed E-state index contributed by atoms with van der Waals surface area (Å²) in [6.45, 7) is 4.89. The summed E-state index contributed by atoms with van der Waals surface area (Å²) in [7, 11) is 1.71. The first-order valence-corrected chi connectivity index (χ1v) is 5.44. The maximum atomic E-state index is 5.07. The first-order valence-electron chi connectivity index (χ1n) is 4.65. The zero-order valence-electron chi connectivity index (χ0n) is 8.80. The van der Waals surface area contributed by atoms with Crippen LogP contribution in [0, 0.1) is 6.92 Å². The summed E-state index contributed by atoms with van der Waals surface area (Å²) in [4.78, 5) is 0. The van der Waals surface area contributed by atoms with Crippen molar-refractivity contribution in [2.75, 3.05) is 19.0 Å². The highest BCUT2D eigenvalue weighted by atomic mass is 79.9. The first-order chi connectivity index (χ1) is 6.63. The summed E-state index contributed by atoms with van der Waals surface area (Å²) >= 11 is 3.51. The summed E-state index contributed by atoms with van der Waals surface area (Å²) < 4.78 is 6.16. The Morgan fingerprint density at radius 1 is 1.50 bits per heavy atom. The molecule has 0 unspecified atom stereocenters. The van der Waals surface area contributed by atoms with Crippen LogP contribution in [0.15, 0.2) is 22.7 Å². The highest BCUT2D eigenvalue weighted by Gasteiger charge is 2.04. The average Bonchev–Trinajstić information content (AvgIpc) is 2.12. The van der Waals surface area contributed by atoms with Crippen LogP contribution in [0.3, 0.4) is 0 Å². The molecule has 0 heterocycles. The molecule has 0 aromatic heterocycles. The molecule has 1 rings (SSSR count). The smallest absolute Gasteiger partial charge is 0.0661 e. The SMILES string of the molecule is COC[C@H](C)Nc1cc(C)ccc1Br. The minimum Gasteiger partial charge on any atom is -0.383 e. The zero-order chi connectivity index (χ0) is 10.6. The lowest BCUT2D eigenvalue weighted by Crippen LogP contribution is -2.20. The van der Waals surface area contributed by atoms with Crippen molar-refractivity contribution in [1.29, 1.82) is 0 Å². The molecule has 1 aromatic rings. The van der Waals surface area contributed by atoms with Crippen molar-refractivity contribution in [3.8, 4) is 0 Å². The highest BCUT2D eigenvalue weighted by Crippen LogP contribution is 2.23. The van der Waals surface area contributed by atoms with Gasteiger partial charge in [0.05, 0.1) is 6.61 Å². The van der Waals surface area contributed by atoms with Crippen molar-refractivity contribution in [3.05, 3.63) is 28.2 Å². The Morgan fingerprint density at radius 2 is 2.21 bits per heavy atom. The van der Waals surface area contributed by atoms with Gasteiger partial charge in [-0.3, -0.25) is 0 Å². The van der Waals surface area contributed by atoms with E-state index in [1.807, 2.05) is 0 Å². The highest BCUT2D eigenvalue weighted by molar-refractivity contribution is 9.10. The van der Waals surface area contributed by atoms with Gasteiger partial charge in [0.15, 0.2) is 0 Å². The predicted octanol–water partition coefficient (Wildman–Crippen LogP) is 3.20. The molecule has 0 amide bonds. The molecule has 3 heteroatoms. The average molecular weight is 258 g/mol. The van der Waals surface area contributed by atoms with Crippen LogP contribution in [0.5, 0.6) is 0 Å². The molecular weight excluding hydrogens is 242 g/mol. The van der Waals surface area contributed by atoms with E-state index in [0.717, 1.165) is 10.2 Å². The molecule has 1 aromatic carbocycles. The van der Waals surface area contributed by atoms with Gasteiger partial charge < -0.3 is 10.1 Å². The van der Waals surface area contributed by atoms with Crippen LogP contribution in [-0.2, 0) is 4.74 Å². The van der Waals surface area contributed by atoms with Gasteiger partial charge in [0.25, 0.3) is 0 Å². The summed E-state index contributed by atoms with van der Waals surface area (Å²) in [5, 5.41) is 3.38. The fraction of sp³-hybridized carbons (Fsp3) is 0.455. The Hall–Kier alpha value is -0.540. The molecule has 0 aliphatic carbocycles. The van der Waals surface area contributed by atoms with E-state index in [1.54, 1.807) is 7.11 Å². The third-order valence-electron chi connectivity index (χ3n) is 1.94. The monoisotopic (exact) mass is 257 g/mol. The Balaban J connectivity index is 2.70. The van der Waals surface area contributed by atoms with Gasteiger partial charge in [-0.2, -0.15) is 0 Å². The van der Waals surface area contributed by atoms with Crippen LogP contribution < -0.4 is 5.32 Å². The van der Waals surface area contributed by atoms with Gasteiger partial charge in [-0.15, -0.1) is 0 Å². The van der Waals surface area contributed by atoms with Gasteiger partial charge in [-0.25, -0.2) is 0 Å². The molecule has 1 N–H and O–H groups in total. The van der Waals surface area contributed by atoms with Gasteiger partial charge in [-0.05, 0) is 47.5 Å². The lowest BCUT2D eigenvalue weighted by Gasteiger charge is -2.15. The lowest BCUT2D eigenvalue weighted by molar-refractivity contribution is 0.190. The van der Waals surface area contributed by atoms with E-state index in [2.05, 4.69) is 53.3 Å². The molecule has 0 bridgehead atoms. The third-order valence-corrected chi connectivity index (χ3v) is 2.63. The summed E-state index contributed by atoms with van der Waals surface area (Å²) in [6, 6.07) is 6.57. The summed E-state index contributed by atoms with van der Waals surface area (Å²) in [5.41, 5.74) is 2.37. The summed E-state index contributed by atoms with van der Waals surface area (Å²) in [5.74, 6) is 0. The van der Waals surface area contributed by atoms with Crippen LogP contribution >= 0.6 is 15.9 Å². The lowest BCUT2D eigenvalue weighted by atomic mass is 10.2. The van der Waals surface area contributed by atoms with E-state index in [-0.39, 0.29) is 0 Å². The number of aryl methyl sites for hydroxylation is 1. The first kappa shape index (κ1) is 11.5. The van der Waals surface area contributed by atoms with Gasteiger partial charge >= 0.3 is 0 Å². The van der Waals surface area contributed by atoms with E-state index >= 15 is 0 Å². The van der Waals surface area contributed by atoms with Crippen LogP contribution in [0.2, 0.25) is 0 Å². The van der Waals surface area contributed by atoms with E-state index in [0.29, 0.717) is 12.6 Å². The van der Waals surface area contributed by atoms with Gasteiger partial charge in [0.1, 0.15) is 0 Å². The van der Waals surface area contributed by atoms with Gasteiger partial charge in [0, 0.05) is 23.3 Å². The molecule has 2 nitrogen and oxygen atoms in total. The zero-order valence-corrected chi connectivity index (χ0v) is 10.4. The molecule has 0 radical (unpaired) electrons. The minimum atomic E-state index is 0.318. The second-order valence-corrected chi connectivity index (χ2v) is 4.34. The number of anilines is 1. The number of methoxy groups -OCH3 is 1. The fourth-order valence-corrected chi connectivity index (χ4v) is 1.67. The normalized spacial score (nSPS) is 12.6. The molecule has 0 aliphatic rings. The Kier molecular flexibility index (Phi) is 4.42. The fourth-order valence-electron chi connectivity index (χ4n) is 1.31. The van der Waals surface area contributed by atoms with Crippen molar-refractivity contribution in [3.63, 3.8) is 0 Å². The molecule has 0 saturated heterocycles. The number of benzene rings is 1. The number of nitrogens with one attached hydrogen (secondary N) is 1. The predicted molar refractivity (Wildman–Crippen MR) is 63.8 cm³/mol. The minimum absolute atomic E-state index is 0.318. The largest absolute Gasteiger partial charge is 0.383 e. The molecule has 78 valence electrons. The summed E-state index contributed by atoms with van der Waals surface area (Å²) in [6.07, 6.45) is 0. The third kappa shape index (κ3) is 3.31. The van der Waals surface area contributed by atoms with Crippen molar-refractivity contribution in [2.24, 2.45) is 0 Å². The maximum absolute atomic E-state index is 5.07. The topological polar surface area (TPSA) is 21.3 Å². The Labute approximate surface area is 93.8 Å². The van der Waals surface area contributed by atoms with Crippen molar-refractivity contribution >= 4 is 21.6 Å². The van der Waals surface area contributed by atoms with Gasteiger partial charge in [0.2, 0.25) is 0 Å².